The molecule has 4 heterocycles. The topological polar surface area (TPSA) is 89.9 Å². The van der Waals surface area contributed by atoms with Crippen LogP contribution in [0.4, 0.5) is 0 Å². The molecule has 8 nitrogen and oxygen atoms in total. The summed E-state index contributed by atoms with van der Waals surface area (Å²) < 4.78 is 7.73. The summed E-state index contributed by atoms with van der Waals surface area (Å²) in [5.74, 6) is 1.27. The SMILES string of the molecule is CC(C)c1noc(-c2cn(C3CCN(C(=O)c4ccc(Cl)s4)CC3)nn2)n1. The van der Waals surface area contributed by atoms with E-state index in [0.717, 1.165) is 12.8 Å². The van der Waals surface area contributed by atoms with E-state index in [-0.39, 0.29) is 17.9 Å². The molecule has 1 aliphatic heterocycles. The Morgan fingerprint density at radius 1 is 1.33 bits per heavy atom. The summed E-state index contributed by atoms with van der Waals surface area (Å²) in [5, 5.41) is 12.3. The maximum atomic E-state index is 12.5. The quantitative estimate of drug-likeness (QED) is 0.657. The lowest BCUT2D eigenvalue weighted by Crippen LogP contribution is -2.38. The number of piperidine rings is 1. The summed E-state index contributed by atoms with van der Waals surface area (Å²) in [5.41, 5.74) is 0.570. The van der Waals surface area contributed by atoms with Gasteiger partial charge in [-0.05, 0) is 25.0 Å². The molecule has 0 bridgehead atoms. The van der Waals surface area contributed by atoms with Crippen LogP contribution in [0.1, 0.15) is 54.1 Å². The summed E-state index contributed by atoms with van der Waals surface area (Å²) in [6, 6.07) is 3.72. The van der Waals surface area contributed by atoms with Crippen LogP contribution in [0.15, 0.2) is 22.9 Å². The first-order chi connectivity index (χ1) is 13.0. The molecule has 10 heteroatoms. The highest BCUT2D eigenvalue weighted by atomic mass is 35.5. The number of hydrogen-bond donors (Lipinski definition) is 0. The van der Waals surface area contributed by atoms with Gasteiger partial charge in [-0.3, -0.25) is 4.79 Å². The van der Waals surface area contributed by atoms with Crippen molar-refractivity contribution >= 4 is 28.8 Å². The fourth-order valence-electron chi connectivity index (χ4n) is 3.05. The van der Waals surface area contributed by atoms with Gasteiger partial charge < -0.3 is 9.42 Å². The second-order valence-corrected chi connectivity index (χ2v) is 8.54. The van der Waals surface area contributed by atoms with Crippen LogP contribution in [0.2, 0.25) is 4.34 Å². The van der Waals surface area contributed by atoms with E-state index in [9.17, 15) is 4.79 Å². The van der Waals surface area contributed by atoms with Crippen molar-refractivity contribution in [3.05, 3.63) is 33.4 Å². The second-order valence-electron chi connectivity index (χ2n) is 6.82. The monoisotopic (exact) mass is 406 g/mol. The molecule has 142 valence electrons. The fourth-order valence-corrected chi connectivity index (χ4v) is 4.06. The molecule has 1 saturated heterocycles. The standard InChI is InChI=1S/C17H19ClN6O2S/c1-10(2)15-19-16(26-21-15)12-9-24(22-20-12)11-5-7-23(8-6-11)17(25)13-3-4-14(18)27-13/h3-4,9-11H,5-8H2,1-2H3. The molecule has 0 saturated carbocycles. The molecule has 0 spiro atoms. The van der Waals surface area contributed by atoms with E-state index in [4.69, 9.17) is 16.1 Å². The minimum atomic E-state index is 0.0386. The number of nitrogens with zero attached hydrogens (tertiary/aromatic N) is 6. The van der Waals surface area contributed by atoms with Gasteiger partial charge >= 0.3 is 0 Å². The lowest BCUT2D eigenvalue weighted by atomic mass is 10.1. The van der Waals surface area contributed by atoms with Crippen molar-refractivity contribution in [3.63, 3.8) is 0 Å². The van der Waals surface area contributed by atoms with E-state index in [2.05, 4.69) is 20.5 Å². The van der Waals surface area contributed by atoms with Crippen LogP contribution in [-0.2, 0) is 0 Å². The lowest BCUT2D eigenvalue weighted by Gasteiger charge is -2.31. The van der Waals surface area contributed by atoms with Gasteiger partial charge in [-0.1, -0.05) is 35.8 Å². The Morgan fingerprint density at radius 3 is 2.74 bits per heavy atom. The summed E-state index contributed by atoms with van der Waals surface area (Å²) in [4.78, 5) is 19.4. The number of rotatable bonds is 4. The first-order valence-electron chi connectivity index (χ1n) is 8.81. The van der Waals surface area contributed by atoms with Crippen molar-refractivity contribution in [1.29, 1.82) is 0 Å². The minimum Gasteiger partial charge on any atom is -0.338 e. The third kappa shape index (κ3) is 3.74. The van der Waals surface area contributed by atoms with Gasteiger partial charge in [0.15, 0.2) is 11.5 Å². The van der Waals surface area contributed by atoms with Crippen LogP contribution in [0.5, 0.6) is 0 Å². The van der Waals surface area contributed by atoms with Crippen LogP contribution in [0.25, 0.3) is 11.6 Å². The second kappa shape index (κ2) is 7.40. The normalized spacial score (nSPS) is 15.6. The van der Waals surface area contributed by atoms with Gasteiger partial charge in [-0.2, -0.15) is 4.98 Å². The van der Waals surface area contributed by atoms with Crippen molar-refractivity contribution in [2.24, 2.45) is 0 Å². The molecule has 27 heavy (non-hydrogen) atoms. The lowest BCUT2D eigenvalue weighted by molar-refractivity contribution is 0.0694. The molecule has 1 amide bonds. The number of thiophene rings is 1. The molecule has 0 radical (unpaired) electrons. The summed E-state index contributed by atoms with van der Waals surface area (Å²) in [7, 11) is 0. The highest BCUT2D eigenvalue weighted by Crippen LogP contribution is 2.27. The number of halogens is 1. The Bertz CT molecular complexity index is 941. The summed E-state index contributed by atoms with van der Waals surface area (Å²) >= 11 is 7.25. The first-order valence-corrected chi connectivity index (χ1v) is 10.0. The average molecular weight is 407 g/mol. The molecule has 3 aromatic heterocycles. The number of likely N-dealkylation sites (tertiary alicyclic amines) is 1. The largest absolute Gasteiger partial charge is 0.338 e. The molecule has 0 aromatic carbocycles. The molecule has 0 atom stereocenters. The maximum absolute atomic E-state index is 12.5. The molecular weight excluding hydrogens is 388 g/mol. The van der Waals surface area contributed by atoms with Crippen molar-refractivity contribution in [2.45, 2.75) is 38.6 Å². The molecule has 0 N–H and O–H groups in total. The van der Waals surface area contributed by atoms with Gasteiger partial charge in [0.05, 0.1) is 21.5 Å². The zero-order valence-corrected chi connectivity index (χ0v) is 16.6. The third-order valence-electron chi connectivity index (χ3n) is 4.60. The van der Waals surface area contributed by atoms with Gasteiger partial charge in [0.1, 0.15) is 0 Å². The number of aromatic nitrogens is 5. The Hall–Kier alpha value is -2.26. The van der Waals surface area contributed by atoms with Crippen LogP contribution < -0.4 is 0 Å². The summed E-state index contributed by atoms with van der Waals surface area (Å²) in [6.45, 7) is 5.36. The van der Waals surface area contributed by atoms with Gasteiger partial charge in [-0.25, -0.2) is 4.68 Å². The number of hydrogen-bond acceptors (Lipinski definition) is 7. The maximum Gasteiger partial charge on any atom is 0.280 e. The first kappa shape index (κ1) is 18.1. The van der Waals surface area contributed by atoms with Crippen molar-refractivity contribution < 1.29 is 9.32 Å². The number of carbonyl (C=O) groups excluding carboxylic acids is 1. The van der Waals surface area contributed by atoms with Crippen LogP contribution in [-0.4, -0.2) is 49.0 Å². The van der Waals surface area contributed by atoms with Crippen molar-refractivity contribution in [3.8, 4) is 11.6 Å². The smallest absolute Gasteiger partial charge is 0.280 e. The predicted molar refractivity (Wildman–Crippen MR) is 101 cm³/mol. The van der Waals surface area contributed by atoms with Gasteiger partial charge in [-0.15, -0.1) is 16.4 Å². The van der Waals surface area contributed by atoms with E-state index in [1.165, 1.54) is 11.3 Å². The molecule has 0 unspecified atom stereocenters. The van der Waals surface area contributed by atoms with Crippen LogP contribution in [0, 0.1) is 0 Å². The number of amides is 1. The molecule has 4 rings (SSSR count). The summed E-state index contributed by atoms with van der Waals surface area (Å²) in [6.07, 6.45) is 3.46. The third-order valence-corrected chi connectivity index (χ3v) is 5.82. The van der Waals surface area contributed by atoms with Gasteiger partial charge in [0.25, 0.3) is 11.8 Å². The zero-order valence-electron chi connectivity index (χ0n) is 15.0. The van der Waals surface area contributed by atoms with Gasteiger partial charge in [0, 0.05) is 19.0 Å². The minimum absolute atomic E-state index is 0.0386. The van der Waals surface area contributed by atoms with E-state index in [1.54, 1.807) is 12.1 Å². The molecular formula is C17H19ClN6O2S. The average Bonchev–Trinajstić information content (AvgIpc) is 3.41. The molecule has 0 aliphatic carbocycles. The molecule has 1 fully saturated rings. The van der Waals surface area contributed by atoms with E-state index < -0.39 is 0 Å². The molecule has 1 aliphatic rings. The van der Waals surface area contributed by atoms with Gasteiger partial charge in [0.2, 0.25) is 0 Å². The Kier molecular flexibility index (Phi) is 4.96. The Morgan fingerprint density at radius 2 is 2.11 bits per heavy atom. The van der Waals surface area contributed by atoms with E-state index in [1.807, 2.05) is 29.6 Å². The highest BCUT2D eigenvalue weighted by Gasteiger charge is 2.26. The zero-order chi connectivity index (χ0) is 19.0. The van der Waals surface area contributed by atoms with E-state index in [0.29, 0.717) is 39.7 Å². The van der Waals surface area contributed by atoms with Crippen LogP contribution >= 0.6 is 22.9 Å². The molecule has 3 aromatic rings. The van der Waals surface area contributed by atoms with E-state index >= 15 is 0 Å². The Labute approximate surface area is 165 Å². The van der Waals surface area contributed by atoms with Crippen molar-refractivity contribution in [2.75, 3.05) is 13.1 Å². The van der Waals surface area contributed by atoms with Crippen molar-refractivity contribution in [1.82, 2.24) is 30.0 Å². The fraction of sp³-hybridized carbons (Fsp3) is 0.471. The van der Waals surface area contributed by atoms with Crippen LogP contribution in [0.3, 0.4) is 0 Å². The number of carbonyl (C=O) groups is 1. The predicted octanol–water partition coefficient (Wildman–Crippen LogP) is 3.64. The Balaban J connectivity index is 1.40. The highest BCUT2D eigenvalue weighted by molar-refractivity contribution is 7.17.